The standard InChI is InChI=1S/C19H18F2N4OS2/c1-7(2)6-22-19-25-13-14-12(24-17(26)15(13)28-19)11-9(8-3-4-8)5-10(16(20)21)23-18(11)27-14/h5,7-8,15-16H,3-4,6H2,1-2H3,(H,24,26). The molecule has 0 radical (unpaired) electrons. The summed E-state index contributed by atoms with van der Waals surface area (Å²) in [5, 5.41) is 3.97. The normalized spacial score (nSPS) is 22.8. The highest BCUT2D eigenvalue weighted by Crippen LogP contribution is 2.50. The minimum Gasteiger partial charge on any atom is -0.323 e. The first-order valence-corrected chi connectivity index (χ1v) is 11.0. The van der Waals surface area contributed by atoms with Crippen molar-refractivity contribution in [2.75, 3.05) is 11.9 Å². The van der Waals surface area contributed by atoms with E-state index >= 15 is 0 Å². The maximum atomic E-state index is 13.4. The van der Waals surface area contributed by atoms with Crippen LogP contribution < -0.4 is 5.32 Å². The van der Waals surface area contributed by atoms with E-state index in [1.807, 2.05) is 0 Å². The fraction of sp³-hybridized carbons (Fsp3) is 0.474. The first kappa shape index (κ1) is 18.2. The summed E-state index contributed by atoms with van der Waals surface area (Å²) in [7, 11) is 0. The molecule has 1 fully saturated rings. The first-order valence-electron chi connectivity index (χ1n) is 9.28. The van der Waals surface area contributed by atoms with Crippen LogP contribution in [-0.2, 0) is 4.79 Å². The molecular weight excluding hydrogens is 402 g/mol. The predicted octanol–water partition coefficient (Wildman–Crippen LogP) is 4.98. The van der Waals surface area contributed by atoms with Gasteiger partial charge in [0.1, 0.15) is 15.8 Å². The van der Waals surface area contributed by atoms with Gasteiger partial charge in [0.25, 0.3) is 6.43 Å². The fourth-order valence-corrected chi connectivity index (χ4v) is 5.72. The highest BCUT2D eigenvalue weighted by Gasteiger charge is 2.42. The van der Waals surface area contributed by atoms with Crippen LogP contribution in [0.2, 0.25) is 0 Å². The highest BCUT2D eigenvalue weighted by atomic mass is 32.2. The number of aliphatic imine (C=N–C) groups is 2. The monoisotopic (exact) mass is 420 g/mol. The van der Waals surface area contributed by atoms with Crippen molar-refractivity contribution in [3.63, 3.8) is 0 Å². The number of amides is 1. The minimum atomic E-state index is -2.61. The van der Waals surface area contributed by atoms with Gasteiger partial charge in [-0.05, 0) is 36.3 Å². The van der Waals surface area contributed by atoms with Crippen molar-refractivity contribution in [2.45, 2.75) is 44.3 Å². The molecule has 1 N–H and O–H groups in total. The van der Waals surface area contributed by atoms with E-state index < -0.39 is 11.7 Å². The van der Waals surface area contributed by atoms with Crippen LogP contribution in [0.1, 0.15) is 55.2 Å². The number of hydrogen-bond donors (Lipinski definition) is 1. The number of halogens is 2. The molecule has 5 nitrogen and oxygen atoms in total. The second-order valence-corrected chi connectivity index (χ2v) is 9.77. The Morgan fingerprint density at radius 1 is 1.36 bits per heavy atom. The molecule has 1 saturated carbocycles. The molecule has 3 aliphatic rings. The average Bonchev–Trinajstić information content (AvgIpc) is 3.29. The van der Waals surface area contributed by atoms with Crippen LogP contribution in [0.25, 0.3) is 10.2 Å². The van der Waals surface area contributed by atoms with Crippen LogP contribution in [0.4, 0.5) is 14.5 Å². The first-order chi connectivity index (χ1) is 13.4. The van der Waals surface area contributed by atoms with Crippen molar-refractivity contribution < 1.29 is 13.6 Å². The Morgan fingerprint density at radius 3 is 2.82 bits per heavy atom. The lowest BCUT2D eigenvalue weighted by Crippen LogP contribution is -2.35. The Labute approximate surface area is 168 Å². The van der Waals surface area contributed by atoms with Crippen molar-refractivity contribution in [1.82, 2.24) is 4.98 Å². The number of aromatic nitrogens is 1. The van der Waals surface area contributed by atoms with Crippen molar-refractivity contribution >= 4 is 55.8 Å². The van der Waals surface area contributed by atoms with E-state index in [4.69, 9.17) is 0 Å². The molecule has 0 spiro atoms. The van der Waals surface area contributed by atoms with Crippen LogP contribution in [0.15, 0.2) is 16.1 Å². The number of fused-ring (bicyclic) bond motifs is 5. The average molecular weight is 421 g/mol. The zero-order valence-electron chi connectivity index (χ0n) is 15.3. The number of pyridine rings is 1. The zero-order chi connectivity index (χ0) is 19.6. The lowest BCUT2D eigenvalue weighted by atomic mass is 10.0. The number of thiophene rings is 1. The fourth-order valence-electron chi connectivity index (χ4n) is 3.49. The predicted molar refractivity (Wildman–Crippen MR) is 110 cm³/mol. The van der Waals surface area contributed by atoms with Gasteiger partial charge in [-0.15, -0.1) is 11.3 Å². The topological polar surface area (TPSA) is 66.7 Å². The van der Waals surface area contributed by atoms with Crippen molar-refractivity contribution in [1.29, 1.82) is 0 Å². The van der Waals surface area contributed by atoms with Gasteiger partial charge in [-0.3, -0.25) is 9.79 Å². The van der Waals surface area contributed by atoms with E-state index in [0.717, 1.165) is 28.7 Å². The Kier molecular flexibility index (Phi) is 4.28. The van der Waals surface area contributed by atoms with Gasteiger partial charge in [0, 0.05) is 11.9 Å². The van der Waals surface area contributed by atoms with Crippen LogP contribution in [0.3, 0.4) is 0 Å². The summed E-state index contributed by atoms with van der Waals surface area (Å²) in [6.07, 6.45) is -0.657. The molecule has 1 atom stereocenters. The molecule has 1 amide bonds. The summed E-state index contributed by atoms with van der Waals surface area (Å²) >= 11 is 2.69. The molecule has 146 valence electrons. The molecule has 0 aromatic carbocycles. The molecule has 1 unspecified atom stereocenters. The van der Waals surface area contributed by atoms with Crippen LogP contribution in [0.5, 0.6) is 0 Å². The summed E-state index contributed by atoms with van der Waals surface area (Å²) in [4.78, 5) is 27.4. The van der Waals surface area contributed by atoms with Gasteiger partial charge in [-0.2, -0.15) is 0 Å². The van der Waals surface area contributed by atoms with Crippen LogP contribution in [-0.4, -0.2) is 33.6 Å². The van der Waals surface area contributed by atoms with Gasteiger partial charge >= 0.3 is 0 Å². The summed E-state index contributed by atoms with van der Waals surface area (Å²) in [6, 6.07) is 1.51. The molecule has 4 heterocycles. The smallest absolute Gasteiger partial charge is 0.280 e. The molecular formula is C19H18F2N4OS2. The lowest BCUT2D eigenvalue weighted by molar-refractivity contribution is -0.114. The molecule has 2 aromatic heterocycles. The molecule has 9 heteroatoms. The number of nitrogens with zero attached hydrogens (tertiary/aromatic N) is 3. The molecule has 2 aliphatic heterocycles. The van der Waals surface area contributed by atoms with Gasteiger partial charge in [0.15, 0.2) is 5.17 Å². The number of carbonyl (C=O) groups is 1. The highest BCUT2D eigenvalue weighted by molar-refractivity contribution is 8.16. The van der Waals surface area contributed by atoms with Crippen molar-refractivity contribution in [3.05, 3.63) is 22.2 Å². The zero-order valence-corrected chi connectivity index (χ0v) is 17.0. The van der Waals surface area contributed by atoms with E-state index in [0.29, 0.717) is 33.9 Å². The van der Waals surface area contributed by atoms with Gasteiger partial charge < -0.3 is 5.32 Å². The molecule has 0 bridgehead atoms. The van der Waals surface area contributed by atoms with Crippen LogP contribution in [0, 0.1) is 5.92 Å². The minimum absolute atomic E-state index is 0.134. The van der Waals surface area contributed by atoms with Crippen molar-refractivity contribution in [2.24, 2.45) is 15.9 Å². The maximum absolute atomic E-state index is 13.4. The molecule has 2 aromatic rings. The molecule has 5 rings (SSSR count). The van der Waals surface area contributed by atoms with Gasteiger partial charge in [0.05, 0.1) is 16.3 Å². The summed E-state index contributed by atoms with van der Waals surface area (Å²) in [6.45, 7) is 4.80. The second kappa shape index (κ2) is 6.59. The summed E-state index contributed by atoms with van der Waals surface area (Å²) in [5.74, 6) is 0.535. The Morgan fingerprint density at radius 2 is 2.14 bits per heavy atom. The Hall–Kier alpha value is -1.87. The number of rotatable bonds is 4. The van der Waals surface area contributed by atoms with E-state index in [2.05, 4.69) is 34.1 Å². The molecule has 0 saturated heterocycles. The van der Waals surface area contributed by atoms with E-state index in [-0.39, 0.29) is 17.5 Å². The summed E-state index contributed by atoms with van der Waals surface area (Å²) in [5.41, 5.74) is 2.03. The maximum Gasteiger partial charge on any atom is 0.280 e. The Balaban J connectivity index is 1.67. The number of anilines is 1. The van der Waals surface area contributed by atoms with E-state index in [9.17, 15) is 13.6 Å². The number of alkyl halides is 2. The Bertz CT molecular complexity index is 1060. The van der Waals surface area contributed by atoms with Gasteiger partial charge in [0.2, 0.25) is 5.91 Å². The summed E-state index contributed by atoms with van der Waals surface area (Å²) < 4.78 is 26.7. The third kappa shape index (κ3) is 2.95. The third-order valence-electron chi connectivity index (χ3n) is 4.95. The molecule has 1 aliphatic carbocycles. The largest absolute Gasteiger partial charge is 0.323 e. The number of carbonyl (C=O) groups excluding carboxylic acids is 1. The van der Waals surface area contributed by atoms with Crippen LogP contribution >= 0.6 is 23.1 Å². The van der Waals surface area contributed by atoms with E-state index in [1.165, 1.54) is 29.2 Å². The van der Waals surface area contributed by atoms with Gasteiger partial charge in [-0.25, -0.2) is 18.8 Å². The number of nitrogens with one attached hydrogen (secondary N) is 1. The molecule has 28 heavy (non-hydrogen) atoms. The SMILES string of the molecule is CC(C)CN=C1N=C2c3sc4nc(C(F)F)cc(C5CC5)c4c3NC(=O)C2S1. The van der Waals surface area contributed by atoms with Crippen molar-refractivity contribution in [3.8, 4) is 0 Å². The third-order valence-corrected chi connectivity index (χ3v) is 7.16. The van der Waals surface area contributed by atoms with E-state index in [1.54, 1.807) is 0 Å². The second-order valence-electron chi connectivity index (χ2n) is 7.70. The lowest BCUT2D eigenvalue weighted by Gasteiger charge is -2.19. The number of thioether (sulfide) groups is 1. The number of amidine groups is 1. The quantitative estimate of drug-likeness (QED) is 0.759. The number of hydrogen-bond acceptors (Lipinski definition) is 5. The van der Waals surface area contributed by atoms with Gasteiger partial charge in [-0.1, -0.05) is 25.6 Å².